The summed E-state index contributed by atoms with van der Waals surface area (Å²) in [6.45, 7) is 2.88. The van der Waals surface area contributed by atoms with Crippen molar-refractivity contribution in [1.29, 1.82) is 0 Å². The van der Waals surface area contributed by atoms with Crippen molar-refractivity contribution in [2.75, 3.05) is 18.4 Å². The van der Waals surface area contributed by atoms with E-state index in [-0.39, 0.29) is 11.6 Å². The van der Waals surface area contributed by atoms with Crippen LogP contribution in [0.5, 0.6) is 0 Å². The maximum atomic E-state index is 12.7. The van der Waals surface area contributed by atoms with Gasteiger partial charge >= 0.3 is 5.76 Å². The predicted octanol–water partition coefficient (Wildman–Crippen LogP) is 1.62. The van der Waals surface area contributed by atoms with Crippen LogP contribution in [0.15, 0.2) is 29.2 Å². The zero-order chi connectivity index (χ0) is 15.7. The van der Waals surface area contributed by atoms with Crippen molar-refractivity contribution in [2.45, 2.75) is 24.0 Å². The van der Waals surface area contributed by atoms with E-state index in [1.165, 1.54) is 18.2 Å². The number of para-hydroxylation sites is 1. The second-order valence-electron chi connectivity index (χ2n) is 5.24. The van der Waals surface area contributed by atoms with Gasteiger partial charge in [0.2, 0.25) is 15.7 Å². The number of hydrogen-bond donors (Lipinski definition) is 2. The quantitative estimate of drug-likeness (QED) is 0.884. The highest BCUT2D eigenvalue weighted by molar-refractivity contribution is 7.91. The van der Waals surface area contributed by atoms with Crippen LogP contribution in [-0.2, 0) is 14.6 Å². The standard InChI is InChI=1S/C13H16F2N2O3S/c1-13(6-7-16-8-13)11(18)17-9-4-2-3-5-10(9)21(19,20)12(14)15/h2-5,12,16H,6-8H2,1H3,(H,17,18). The molecule has 0 radical (unpaired) electrons. The summed E-state index contributed by atoms with van der Waals surface area (Å²) in [6.07, 6.45) is 0.600. The zero-order valence-electron chi connectivity index (χ0n) is 11.4. The van der Waals surface area contributed by atoms with E-state index in [1.54, 1.807) is 6.92 Å². The first kappa shape index (κ1) is 15.8. The monoisotopic (exact) mass is 318 g/mol. The lowest BCUT2D eigenvalue weighted by molar-refractivity contribution is -0.123. The van der Waals surface area contributed by atoms with Crippen molar-refractivity contribution in [3.8, 4) is 0 Å². The van der Waals surface area contributed by atoms with E-state index in [2.05, 4.69) is 10.6 Å². The average molecular weight is 318 g/mol. The molecule has 1 atom stereocenters. The van der Waals surface area contributed by atoms with Crippen LogP contribution in [-0.4, -0.2) is 33.2 Å². The van der Waals surface area contributed by atoms with E-state index in [0.717, 1.165) is 6.07 Å². The molecule has 2 rings (SSSR count). The molecule has 2 N–H and O–H groups in total. The molecule has 1 aromatic rings. The minimum absolute atomic E-state index is 0.115. The normalized spacial score (nSPS) is 22.5. The third-order valence-electron chi connectivity index (χ3n) is 3.59. The lowest BCUT2D eigenvalue weighted by atomic mass is 9.89. The second kappa shape index (κ2) is 5.69. The molecule has 0 bridgehead atoms. The minimum Gasteiger partial charge on any atom is -0.324 e. The summed E-state index contributed by atoms with van der Waals surface area (Å²) < 4.78 is 48.6. The Balaban J connectivity index is 2.32. The van der Waals surface area contributed by atoms with Crippen LogP contribution < -0.4 is 10.6 Å². The number of anilines is 1. The van der Waals surface area contributed by atoms with Gasteiger partial charge in [0.05, 0.1) is 16.0 Å². The van der Waals surface area contributed by atoms with Gasteiger partial charge in [-0.3, -0.25) is 4.79 Å². The summed E-state index contributed by atoms with van der Waals surface area (Å²) >= 11 is 0. The Labute approximate surface area is 121 Å². The van der Waals surface area contributed by atoms with Crippen LogP contribution in [0.25, 0.3) is 0 Å². The molecule has 1 saturated heterocycles. The largest absolute Gasteiger partial charge is 0.341 e. The first-order chi connectivity index (χ1) is 9.77. The van der Waals surface area contributed by atoms with Crippen molar-refractivity contribution in [1.82, 2.24) is 5.32 Å². The molecule has 1 unspecified atom stereocenters. The molecule has 0 aromatic heterocycles. The van der Waals surface area contributed by atoms with Gasteiger partial charge < -0.3 is 10.6 Å². The van der Waals surface area contributed by atoms with E-state index >= 15 is 0 Å². The second-order valence-corrected chi connectivity index (χ2v) is 7.13. The summed E-state index contributed by atoms with van der Waals surface area (Å²) in [5.74, 6) is -3.91. The summed E-state index contributed by atoms with van der Waals surface area (Å²) in [4.78, 5) is 11.7. The Kier molecular flexibility index (Phi) is 4.29. The van der Waals surface area contributed by atoms with Crippen LogP contribution in [0.1, 0.15) is 13.3 Å². The predicted molar refractivity (Wildman–Crippen MR) is 73.9 cm³/mol. The highest BCUT2D eigenvalue weighted by Gasteiger charge is 2.37. The van der Waals surface area contributed by atoms with E-state index in [9.17, 15) is 22.0 Å². The third-order valence-corrected chi connectivity index (χ3v) is 5.03. The van der Waals surface area contributed by atoms with Crippen LogP contribution in [0.2, 0.25) is 0 Å². The topological polar surface area (TPSA) is 75.3 Å². The molecule has 1 heterocycles. The first-order valence-electron chi connectivity index (χ1n) is 6.41. The number of rotatable bonds is 4. The van der Waals surface area contributed by atoms with Gasteiger partial charge in [-0.15, -0.1) is 0 Å². The van der Waals surface area contributed by atoms with Crippen molar-refractivity contribution in [2.24, 2.45) is 5.41 Å². The molecule has 116 valence electrons. The van der Waals surface area contributed by atoms with Gasteiger partial charge in [0.25, 0.3) is 0 Å². The Morgan fingerprint density at radius 1 is 1.38 bits per heavy atom. The minimum atomic E-state index is -4.76. The number of carbonyl (C=O) groups is 1. The van der Waals surface area contributed by atoms with Crippen molar-refractivity contribution in [3.05, 3.63) is 24.3 Å². The van der Waals surface area contributed by atoms with Crippen LogP contribution in [0.3, 0.4) is 0 Å². The molecule has 1 amide bonds. The molecule has 1 fully saturated rings. The summed E-state index contributed by atoms with van der Waals surface area (Å²) in [7, 11) is -4.76. The summed E-state index contributed by atoms with van der Waals surface area (Å²) in [5, 5.41) is 5.51. The van der Waals surface area contributed by atoms with E-state index < -0.39 is 25.9 Å². The number of sulfone groups is 1. The summed E-state index contributed by atoms with van der Waals surface area (Å²) in [5.41, 5.74) is -0.794. The smallest absolute Gasteiger partial charge is 0.324 e. The number of nitrogens with one attached hydrogen (secondary N) is 2. The molecule has 1 aliphatic heterocycles. The Hall–Kier alpha value is -1.54. The zero-order valence-corrected chi connectivity index (χ0v) is 12.2. The van der Waals surface area contributed by atoms with E-state index in [4.69, 9.17) is 0 Å². The van der Waals surface area contributed by atoms with Gasteiger partial charge in [-0.1, -0.05) is 12.1 Å². The van der Waals surface area contributed by atoms with E-state index in [0.29, 0.717) is 19.5 Å². The molecule has 0 saturated carbocycles. The highest BCUT2D eigenvalue weighted by atomic mass is 32.2. The van der Waals surface area contributed by atoms with Gasteiger partial charge in [0.15, 0.2) is 0 Å². The first-order valence-corrected chi connectivity index (χ1v) is 7.95. The maximum absolute atomic E-state index is 12.7. The molecule has 1 aromatic carbocycles. The van der Waals surface area contributed by atoms with Crippen LogP contribution in [0.4, 0.5) is 14.5 Å². The number of benzene rings is 1. The summed E-state index contributed by atoms with van der Waals surface area (Å²) in [6, 6.07) is 5.18. The Bertz CT molecular complexity index is 641. The number of halogens is 2. The molecular formula is C13H16F2N2O3S. The number of hydrogen-bond acceptors (Lipinski definition) is 4. The van der Waals surface area contributed by atoms with Gasteiger partial charge in [-0.25, -0.2) is 8.42 Å². The van der Waals surface area contributed by atoms with Gasteiger partial charge in [-0.2, -0.15) is 8.78 Å². The van der Waals surface area contributed by atoms with Gasteiger partial charge in [0.1, 0.15) is 0 Å². The van der Waals surface area contributed by atoms with Gasteiger partial charge in [0, 0.05) is 6.54 Å². The molecule has 5 nitrogen and oxygen atoms in total. The highest BCUT2D eigenvalue weighted by Crippen LogP contribution is 2.30. The maximum Gasteiger partial charge on any atom is 0.341 e. The fraction of sp³-hybridized carbons (Fsp3) is 0.462. The fourth-order valence-corrected chi connectivity index (χ4v) is 3.08. The lowest BCUT2D eigenvalue weighted by Gasteiger charge is -2.22. The van der Waals surface area contributed by atoms with E-state index in [1.807, 2.05) is 0 Å². The molecule has 0 spiro atoms. The molecule has 0 aliphatic carbocycles. The van der Waals surface area contributed by atoms with Crippen LogP contribution >= 0.6 is 0 Å². The molecular weight excluding hydrogens is 302 g/mol. The molecule has 8 heteroatoms. The van der Waals surface area contributed by atoms with Crippen molar-refractivity contribution >= 4 is 21.4 Å². The average Bonchev–Trinajstić information content (AvgIpc) is 2.87. The third kappa shape index (κ3) is 3.06. The van der Waals surface area contributed by atoms with Gasteiger partial charge in [-0.05, 0) is 32.0 Å². The molecule has 1 aliphatic rings. The lowest BCUT2D eigenvalue weighted by Crippen LogP contribution is -2.35. The fourth-order valence-electron chi connectivity index (χ4n) is 2.20. The number of carbonyl (C=O) groups excluding carboxylic acids is 1. The number of alkyl halides is 2. The Morgan fingerprint density at radius 3 is 2.62 bits per heavy atom. The van der Waals surface area contributed by atoms with Crippen LogP contribution in [0, 0.1) is 5.41 Å². The van der Waals surface area contributed by atoms with Crippen molar-refractivity contribution in [3.63, 3.8) is 0 Å². The number of amides is 1. The van der Waals surface area contributed by atoms with Crippen molar-refractivity contribution < 1.29 is 22.0 Å². The SMILES string of the molecule is CC1(C(=O)Nc2ccccc2S(=O)(=O)C(F)F)CCNC1. The Morgan fingerprint density at radius 2 is 2.05 bits per heavy atom. The molecule has 21 heavy (non-hydrogen) atoms.